The van der Waals surface area contributed by atoms with E-state index in [-0.39, 0.29) is 11.7 Å². The minimum atomic E-state index is -0.0560. The number of aromatic amines is 1. The number of aromatic nitrogens is 2. The van der Waals surface area contributed by atoms with Crippen molar-refractivity contribution in [2.75, 3.05) is 11.1 Å². The molecule has 4 rings (SSSR count). The van der Waals surface area contributed by atoms with Crippen LogP contribution in [-0.2, 0) is 4.79 Å². The van der Waals surface area contributed by atoms with E-state index in [1.165, 1.54) is 11.8 Å². The third kappa shape index (κ3) is 4.32. The van der Waals surface area contributed by atoms with Crippen molar-refractivity contribution >= 4 is 23.4 Å². The molecule has 0 saturated carbocycles. The summed E-state index contributed by atoms with van der Waals surface area (Å²) in [6.45, 7) is 0. The Morgan fingerprint density at radius 2 is 1.39 bits per heavy atom. The second kappa shape index (κ2) is 8.59. The van der Waals surface area contributed by atoms with Crippen LogP contribution in [0, 0.1) is 0 Å². The Morgan fingerprint density at radius 1 is 0.821 bits per heavy atom. The van der Waals surface area contributed by atoms with Gasteiger partial charge in [-0.15, -0.1) is 0 Å². The van der Waals surface area contributed by atoms with E-state index in [2.05, 4.69) is 10.3 Å². The van der Waals surface area contributed by atoms with Crippen LogP contribution in [0.3, 0.4) is 0 Å². The molecule has 0 saturated heterocycles. The molecule has 1 aromatic heterocycles. The third-order valence-corrected chi connectivity index (χ3v) is 5.15. The highest BCUT2D eigenvalue weighted by atomic mass is 32.2. The SMILES string of the molecule is O=C(CSc1nc(-c2ccccc2)[nH]c1-c1ccccc1)Nc1ccccc1. The summed E-state index contributed by atoms with van der Waals surface area (Å²) >= 11 is 1.43. The molecule has 1 heterocycles. The number of anilines is 1. The molecule has 4 nitrogen and oxygen atoms in total. The average molecular weight is 385 g/mol. The number of thioether (sulfide) groups is 1. The zero-order chi connectivity index (χ0) is 19.2. The monoisotopic (exact) mass is 385 g/mol. The molecule has 4 aromatic rings. The summed E-state index contributed by atoms with van der Waals surface area (Å²) in [5, 5.41) is 3.73. The first-order valence-electron chi connectivity index (χ1n) is 8.98. The first kappa shape index (κ1) is 18.1. The number of hydrogen-bond donors (Lipinski definition) is 2. The zero-order valence-electron chi connectivity index (χ0n) is 15.1. The number of nitrogens with one attached hydrogen (secondary N) is 2. The summed E-state index contributed by atoms with van der Waals surface area (Å²) in [5.74, 6) is 1.03. The van der Waals surface area contributed by atoms with E-state index >= 15 is 0 Å². The van der Waals surface area contributed by atoms with Crippen molar-refractivity contribution in [3.05, 3.63) is 91.0 Å². The summed E-state index contributed by atoms with van der Waals surface area (Å²) in [6, 6.07) is 29.5. The van der Waals surface area contributed by atoms with Gasteiger partial charge in [-0.25, -0.2) is 4.98 Å². The van der Waals surface area contributed by atoms with E-state index in [0.717, 1.165) is 33.4 Å². The smallest absolute Gasteiger partial charge is 0.234 e. The van der Waals surface area contributed by atoms with E-state index in [0.29, 0.717) is 0 Å². The number of rotatable bonds is 6. The molecule has 0 radical (unpaired) electrons. The van der Waals surface area contributed by atoms with Crippen LogP contribution in [0.1, 0.15) is 0 Å². The van der Waals surface area contributed by atoms with Crippen LogP contribution in [0.5, 0.6) is 0 Å². The van der Waals surface area contributed by atoms with E-state index < -0.39 is 0 Å². The number of imidazole rings is 1. The Bertz CT molecular complexity index is 1050. The van der Waals surface area contributed by atoms with Gasteiger partial charge in [0.2, 0.25) is 5.91 Å². The van der Waals surface area contributed by atoms with Gasteiger partial charge in [-0.05, 0) is 12.1 Å². The van der Waals surface area contributed by atoms with Gasteiger partial charge in [0.1, 0.15) is 10.9 Å². The standard InChI is InChI=1S/C23H19N3OS/c27-20(24-19-14-8-3-9-15-19)16-28-23-21(17-10-4-1-5-11-17)25-22(26-23)18-12-6-2-7-13-18/h1-15H,16H2,(H,24,27)(H,25,26). The number of H-pyrrole nitrogens is 1. The van der Waals surface area contributed by atoms with E-state index in [9.17, 15) is 4.79 Å². The van der Waals surface area contributed by atoms with Gasteiger partial charge in [0.25, 0.3) is 0 Å². The molecule has 0 spiro atoms. The number of amides is 1. The van der Waals surface area contributed by atoms with Crippen molar-refractivity contribution < 1.29 is 4.79 Å². The van der Waals surface area contributed by atoms with Crippen LogP contribution < -0.4 is 5.32 Å². The number of carbonyl (C=O) groups is 1. The van der Waals surface area contributed by atoms with Crippen molar-refractivity contribution in [1.29, 1.82) is 0 Å². The first-order valence-corrected chi connectivity index (χ1v) is 9.97. The fourth-order valence-corrected chi connectivity index (χ4v) is 3.66. The van der Waals surface area contributed by atoms with Crippen molar-refractivity contribution in [2.24, 2.45) is 0 Å². The quantitative estimate of drug-likeness (QED) is 0.432. The highest BCUT2D eigenvalue weighted by Crippen LogP contribution is 2.32. The van der Waals surface area contributed by atoms with E-state index in [1.807, 2.05) is 91.0 Å². The molecule has 0 aliphatic rings. The molecule has 0 unspecified atom stereocenters. The van der Waals surface area contributed by atoms with Crippen LogP contribution in [0.15, 0.2) is 96.0 Å². The Hall–Kier alpha value is -3.31. The van der Waals surface area contributed by atoms with Crippen LogP contribution in [0.25, 0.3) is 22.6 Å². The lowest BCUT2D eigenvalue weighted by molar-refractivity contribution is -0.113. The molecule has 1 amide bonds. The molecule has 138 valence electrons. The number of nitrogens with zero attached hydrogens (tertiary/aromatic N) is 1. The lowest BCUT2D eigenvalue weighted by Crippen LogP contribution is -2.13. The molecular formula is C23H19N3OS. The van der Waals surface area contributed by atoms with Gasteiger partial charge >= 0.3 is 0 Å². The van der Waals surface area contributed by atoms with Gasteiger partial charge < -0.3 is 10.3 Å². The summed E-state index contributed by atoms with van der Waals surface area (Å²) in [7, 11) is 0. The summed E-state index contributed by atoms with van der Waals surface area (Å²) in [4.78, 5) is 20.5. The molecule has 3 aromatic carbocycles. The highest BCUT2D eigenvalue weighted by molar-refractivity contribution is 8.00. The van der Waals surface area contributed by atoms with Gasteiger partial charge in [0, 0.05) is 16.8 Å². The molecular weight excluding hydrogens is 366 g/mol. The molecule has 0 fully saturated rings. The summed E-state index contributed by atoms with van der Waals surface area (Å²) in [5.41, 5.74) is 3.78. The third-order valence-electron chi connectivity index (χ3n) is 4.18. The number of benzene rings is 3. The normalized spacial score (nSPS) is 10.6. The van der Waals surface area contributed by atoms with Gasteiger partial charge in [-0.1, -0.05) is 90.6 Å². The highest BCUT2D eigenvalue weighted by Gasteiger charge is 2.15. The van der Waals surface area contributed by atoms with Crippen LogP contribution in [-0.4, -0.2) is 21.6 Å². The predicted molar refractivity (Wildman–Crippen MR) is 115 cm³/mol. The Morgan fingerprint density at radius 3 is 2.04 bits per heavy atom. The average Bonchev–Trinajstić information content (AvgIpc) is 3.19. The second-order valence-corrected chi connectivity index (χ2v) is 7.16. The maximum Gasteiger partial charge on any atom is 0.234 e. The van der Waals surface area contributed by atoms with Crippen molar-refractivity contribution in [3.63, 3.8) is 0 Å². The molecule has 0 aliphatic carbocycles. The number of para-hydroxylation sites is 1. The summed E-state index contributed by atoms with van der Waals surface area (Å²) < 4.78 is 0. The van der Waals surface area contributed by atoms with Gasteiger partial charge in [-0.3, -0.25) is 4.79 Å². The maximum atomic E-state index is 12.3. The molecule has 28 heavy (non-hydrogen) atoms. The van der Waals surface area contributed by atoms with Gasteiger partial charge in [-0.2, -0.15) is 0 Å². The molecule has 0 bridgehead atoms. The fourth-order valence-electron chi connectivity index (χ4n) is 2.85. The molecule has 2 N–H and O–H groups in total. The van der Waals surface area contributed by atoms with Crippen LogP contribution in [0.4, 0.5) is 5.69 Å². The van der Waals surface area contributed by atoms with Gasteiger partial charge in [0.15, 0.2) is 0 Å². The Kier molecular flexibility index (Phi) is 5.54. The second-order valence-electron chi connectivity index (χ2n) is 6.20. The molecule has 0 atom stereocenters. The molecule has 0 aliphatic heterocycles. The first-order chi connectivity index (χ1) is 13.8. The Labute approximate surface area is 168 Å². The maximum absolute atomic E-state index is 12.3. The van der Waals surface area contributed by atoms with Crippen molar-refractivity contribution in [2.45, 2.75) is 5.03 Å². The number of carbonyl (C=O) groups excluding carboxylic acids is 1. The molecule has 5 heteroatoms. The lowest BCUT2D eigenvalue weighted by atomic mass is 10.2. The fraction of sp³-hybridized carbons (Fsp3) is 0.0435. The van der Waals surface area contributed by atoms with E-state index in [4.69, 9.17) is 4.98 Å². The van der Waals surface area contributed by atoms with E-state index in [1.54, 1.807) is 0 Å². The topological polar surface area (TPSA) is 57.8 Å². The summed E-state index contributed by atoms with van der Waals surface area (Å²) in [6.07, 6.45) is 0. The van der Waals surface area contributed by atoms with Crippen LogP contribution in [0.2, 0.25) is 0 Å². The Balaban J connectivity index is 1.56. The zero-order valence-corrected chi connectivity index (χ0v) is 15.9. The largest absolute Gasteiger partial charge is 0.337 e. The minimum absolute atomic E-state index is 0.0560. The van der Waals surface area contributed by atoms with Crippen LogP contribution >= 0.6 is 11.8 Å². The van der Waals surface area contributed by atoms with Gasteiger partial charge in [0.05, 0.1) is 11.4 Å². The predicted octanol–water partition coefficient (Wildman–Crippen LogP) is 5.47. The lowest BCUT2D eigenvalue weighted by Gasteiger charge is -2.05. The van der Waals surface area contributed by atoms with Crippen molar-refractivity contribution in [1.82, 2.24) is 9.97 Å². The van der Waals surface area contributed by atoms with Crippen molar-refractivity contribution in [3.8, 4) is 22.6 Å². The number of hydrogen-bond acceptors (Lipinski definition) is 3. The minimum Gasteiger partial charge on any atom is -0.337 e.